The van der Waals surface area contributed by atoms with Crippen molar-refractivity contribution in [3.63, 3.8) is 0 Å². The highest BCUT2D eigenvalue weighted by molar-refractivity contribution is 6.03. The van der Waals surface area contributed by atoms with Crippen LogP contribution in [-0.2, 0) is 11.3 Å². The number of para-hydroxylation sites is 1. The Kier molecular flexibility index (Phi) is 5.16. The molecule has 2 fully saturated rings. The van der Waals surface area contributed by atoms with Crippen molar-refractivity contribution in [3.05, 3.63) is 66.0 Å². The van der Waals surface area contributed by atoms with E-state index < -0.39 is 24.1 Å². The van der Waals surface area contributed by atoms with Gasteiger partial charge in [0.05, 0.1) is 0 Å². The average Bonchev–Trinajstić information content (AvgIpc) is 3.20. The third kappa shape index (κ3) is 3.53. The maximum Gasteiger partial charge on any atom is 0.325 e. The number of imide groups is 1. The highest BCUT2D eigenvalue weighted by Crippen LogP contribution is 2.28. The molecule has 2 aromatic carbocycles. The topological polar surface area (TPSA) is 71.5 Å². The van der Waals surface area contributed by atoms with E-state index in [0.717, 1.165) is 13.1 Å². The Labute approximate surface area is 185 Å². The average molecular weight is 436 g/mol. The van der Waals surface area contributed by atoms with Crippen LogP contribution in [-0.4, -0.2) is 78.0 Å². The lowest BCUT2D eigenvalue weighted by Gasteiger charge is -2.41. The summed E-state index contributed by atoms with van der Waals surface area (Å²) >= 11 is 0. The van der Waals surface area contributed by atoms with E-state index in [1.54, 1.807) is 25.2 Å². The first kappa shape index (κ1) is 20.3. The van der Waals surface area contributed by atoms with Gasteiger partial charge in [0.2, 0.25) is 0 Å². The highest BCUT2D eigenvalue weighted by atomic mass is 19.1. The molecule has 0 bridgehead atoms. The molecule has 3 heterocycles. The number of carbonyl (C=O) groups excluding carboxylic acids is 2. The summed E-state index contributed by atoms with van der Waals surface area (Å²) in [6.07, 6.45) is -0.634. The minimum Gasteiger partial charge on any atom is -0.368 e. The van der Waals surface area contributed by atoms with E-state index in [-0.39, 0.29) is 12.4 Å². The number of benzene rings is 2. The van der Waals surface area contributed by atoms with Crippen molar-refractivity contribution in [2.45, 2.75) is 18.8 Å². The summed E-state index contributed by atoms with van der Waals surface area (Å²) in [5.41, 5.74) is 1.65. The number of urea groups is 1. The van der Waals surface area contributed by atoms with Crippen LogP contribution in [0, 0.1) is 5.82 Å². The van der Waals surface area contributed by atoms with Gasteiger partial charge in [-0.2, -0.15) is 0 Å². The predicted octanol–water partition coefficient (Wildman–Crippen LogP) is 1.70. The molecule has 2 unspecified atom stereocenters. The molecule has 0 radical (unpaired) electrons. The lowest BCUT2D eigenvalue weighted by atomic mass is 10.1. The van der Waals surface area contributed by atoms with E-state index in [4.69, 9.17) is 4.99 Å². The molecule has 0 aliphatic carbocycles. The van der Waals surface area contributed by atoms with Crippen LogP contribution in [0.25, 0.3) is 0 Å². The molecular weight excluding hydrogens is 411 g/mol. The van der Waals surface area contributed by atoms with Gasteiger partial charge in [-0.3, -0.25) is 10.1 Å². The van der Waals surface area contributed by atoms with Crippen LogP contribution in [0.4, 0.5) is 14.9 Å². The minimum atomic E-state index is -0.695. The van der Waals surface area contributed by atoms with E-state index in [1.807, 2.05) is 23.1 Å². The molecule has 0 aromatic heterocycles. The number of piperazine rings is 1. The second-order valence-corrected chi connectivity index (χ2v) is 8.22. The fourth-order valence-corrected chi connectivity index (χ4v) is 4.56. The summed E-state index contributed by atoms with van der Waals surface area (Å²) in [4.78, 5) is 37.5. The van der Waals surface area contributed by atoms with Crippen LogP contribution in [0.1, 0.15) is 5.56 Å². The van der Waals surface area contributed by atoms with Crippen LogP contribution >= 0.6 is 0 Å². The van der Waals surface area contributed by atoms with Gasteiger partial charge in [-0.15, -0.1) is 0 Å². The van der Waals surface area contributed by atoms with Crippen LogP contribution in [0.15, 0.2) is 59.6 Å². The van der Waals surface area contributed by atoms with Gasteiger partial charge in [0.15, 0.2) is 18.2 Å². The number of likely N-dealkylation sites (N-methyl/N-ethyl adjacent to an activating group) is 1. The standard InChI is InChI=1S/C23H25FN6O2/c1-27-20-19(21(31)26-23(27)32)30(15-16-7-5-6-10-18(16)24)22(25-20)29-13-11-28(12-14-29)17-8-3-2-4-9-17/h2-10,19-20H,11-15H2,1H3,(H,26,31,32). The number of anilines is 1. The molecule has 32 heavy (non-hydrogen) atoms. The molecule has 3 aliphatic heterocycles. The molecule has 9 heteroatoms. The number of guanidine groups is 1. The van der Waals surface area contributed by atoms with Gasteiger partial charge in [0.1, 0.15) is 5.82 Å². The van der Waals surface area contributed by atoms with Crippen molar-refractivity contribution >= 4 is 23.6 Å². The number of aliphatic imine (C=N–C) groups is 1. The third-order valence-electron chi connectivity index (χ3n) is 6.32. The third-order valence-corrected chi connectivity index (χ3v) is 6.32. The quantitative estimate of drug-likeness (QED) is 0.793. The Morgan fingerprint density at radius 2 is 1.62 bits per heavy atom. The van der Waals surface area contributed by atoms with Crippen LogP contribution < -0.4 is 10.2 Å². The molecule has 3 aliphatic rings. The highest BCUT2D eigenvalue weighted by Gasteiger charge is 2.50. The predicted molar refractivity (Wildman–Crippen MR) is 118 cm³/mol. The number of halogens is 1. The van der Waals surface area contributed by atoms with Crippen molar-refractivity contribution in [1.82, 2.24) is 20.0 Å². The lowest BCUT2D eigenvalue weighted by Crippen LogP contribution is -2.64. The molecule has 2 aromatic rings. The Hall–Kier alpha value is -3.62. The zero-order valence-electron chi connectivity index (χ0n) is 17.8. The van der Waals surface area contributed by atoms with Gasteiger partial charge in [-0.05, 0) is 18.2 Å². The number of nitrogens with one attached hydrogen (secondary N) is 1. The van der Waals surface area contributed by atoms with E-state index in [0.29, 0.717) is 24.6 Å². The molecule has 2 saturated heterocycles. The van der Waals surface area contributed by atoms with Gasteiger partial charge in [0.25, 0.3) is 5.91 Å². The number of fused-ring (bicyclic) bond motifs is 1. The Balaban J connectivity index is 1.41. The SMILES string of the molecule is CN1C(=O)NC(=O)C2C1N=C(N1CCN(c3ccccc3)CC1)N2Cc1ccccc1F. The van der Waals surface area contributed by atoms with Crippen molar-refractivity contribution in [1.29, 1.82) is 0 Å². The summed E-state index contributed by atoms with van der Waals surface area (Å²) in [5, 5.41) is 2.40. The number of hydrogen-bond donors (Lipinski definition) is 1. The lowest BCUT2D eigenvalue weighted by molar-refractivity contribution is -0.127. The molecule has 8 nitrogen and oxygen atoms in total. The van der Waals surface area contributed by atoms with Crippen LogP contribution in [0.5, 0.6) is 0 Å². The minimum absolute atomic E-state index is 0.195. The van der Waals surface area contributed by atoms with Gasteiger partial charge >= 0.3 is 6.03 Å². The van der Waals surface area contributed by atoms with Gasteiger partial charge in [-0.1, -0.05) is 36.4 Å². The zero-order valence-corrected chi connectivity index (χ0v) is 17.8. The van der Waals surface area contributed by atoms with Gasteiger partial charge in [-0.25, -0.2) is 14.2 Å². The Bertz CT molecular complexity index is 1050. The molecular formula is C23H25FN6O2. The number of carbonyl (C=O) groups is 2. The Morgan fingerprint density at radius 1 is 0.969 bits per heavy atom. The van der Waals surface area contributed by atoms with E-state index in [9.17, 15) is 14.0 Å². The summed E-state index contributed by atoms with van der Waals surface area (Å²) in [6.45, 7) is 3.21. The van der Waals surface area contributed by atoms with Crippen LogP contribution in [0.2, 0.25) is 0 Å². The molecule has 2 atom stereocenters. The van der Waals surface area contributed by atoms with Crippen molar-refractivity contribution in [2.75, 3.05) is 38.1 Å². The van der Waals surface area contributed by atoms with Crippen molar-refractivity contribution in [2.24, 2.45) is 4.99 Å². The summed E-state index contributed by atoms with van der Waals surface area (Å²) in [5.74, 6) is -0.103. The van der Waals surface area contributed by atoms with Gasteiger partial charge < -0.3 is 19.6 Å². The first-order valence-corrected chi connectivity index (χ1v) is 10.7. The second-order valence-electron chi connectivity index (χ2n) is 8.22. The summed E-state index contributed by atoms with van der Waals surface area (Å²) in [7, 11) is 1.63. The monoisotopic (exact) mass is 436 g/mol. The van der Waals surface area contributed by atoms with Crippen molar-refractivity contribution in [3.8, 4) is 0 Å². The Morgan fingerprint density at radius 3 is 2.34 bits per heavy atom. The number of nitrogens with zero attached hydrogens (tertiary/aromatic N) is 5. The largest absolute Gasteiger partial charge is 0.368 e. The normalized spacial score (nSPS) is 23.2. The molecule has 0 saturated carbocycles. The van der Waals surface area contributed by atoms with E-state index in [1.165, 1.54) is 16.7 Å². The van der Waals surface area contributed by atoms with E-state index in [2.05, 4.69) is 27.2 Å². The summed E-state index contributed by atoms with van der Waals surface area (Å²) in [6, 6.07) is 15.6. The molecule has 166 valence electrons. The maximum absolute atomic E-state index is 14.5. The first-order valence-electron chi connectivity index (χ1n) is 10.7. The molecule has 3 amide bonds. The van der Waals surface area contributed by atoms with E-state index >= 15 is 0 Å². The fraction of sp³-hybridized carbons (Fsp3) is 0.348. The number of amides is 3. The summed E-state index contributed by atoms with van der Waals surface area (Å²) < 4.78 is 14.5. The maximum atomic E-state index is 14.5. The van der Waals surface area contributed by atoms with Crippen molar-refractivity contribution < 1.29 is 14.0 Å². The molecule has 0 spiro atoms. The molecule has 1 N–H and O–H groups in total. The van der Waals surface area contributed by atoms with Crippen LogP contribution in [0.3, 0.4) is 0 Å². The van der Waals surface area contributed by atoms with Gasteiger partial charge in [0, 0.05) is 51.0 Å². The smallest absolute Gasteiger partial charge is 0.325 e. The number of hydrogen-bond acceptors (Lipinski definition) is 6. The number of rotatable bonds is 3. The second kappa shape index (κ2) is 8.14. The first-order chi connectivity index (χ1) is 15.5. The molecule has 5 rings (SSSR count). The fourth-order valence-electron chi connectivity index (χ4n) is 4.56. The zero-order chi connectivity index (χ0) is 22.2.